The second-order valence-electron chi connectivity index (χ2n) is 6.62. The molecule has 3 aromatic rings. The van der Waals surface area contributed by atoms with Gasteiger partial charge in [0.2, 0.25) is 0 Å². The number of ether oxygens (including phenoxy) is 2. The second kappa shape index (κ2) is 10.2. The van der Waals surface area contributed by atoms with E-state index in [1.165, 1.54) is 11.9 Å². The molecule has 1 aromatic heterocycles. The maximum atomic E-state index is 6.61. The van der Waals surface area contributed by atoms with Crippen LogP contribution in [0.1, 0.15) is 30.9 Å². The van der Waals surface area contributed by atoms with Gasteiger partial charge in [-0.05, 0) is 59.8 Å². The van der Waals surface area contributed by atoms with Gasteiger partial charge in [-0.3, -0.25) is 9.71 Å². The van der Waals surface area contributed by atoms with Crippen molar-refractivity contribution < 1.29 is 9.47 Å². The number of halogens is 2. The molecule has 0 saturated carbocycles. The summed E-state index contributed by atoms with van der Waals surface area (Å²) in [6.07, 6.45) is 3.54. The third-order valence-corrected chi connectivity index (χ3v) is 5.74. The first-order valence-corrected chi connectivity index (χ1v) is 10.7. The van der Waals surface area contributed by atoms with Crippen molar-refractivity contribution in [2.45, 2.75) is 31.2 Å². The Morgan fingerprint density at radius 3 is 2.66 bits per heavy atom. The molecule has 0 saturated heterocycles. The summed E-state index contributed by atoms with van der Waals surface area (Å²) in [7, 11) is 1.66. The van der Waals surface area contributed by atoms with E-state index >= 15 is 0 Å². The number of hydrogen-bond acceptors (Lipinski definition) is 5. The lowest BCUT2D eigenvalue weighted by molar-refractivity contribution is 0.405. The molecule has 3 rings (SSSR count). The van der Waals surface area contributed by atoms with Gasteiger partial charge in [0.15, 0.2) is 5.75 Å². The summed E-state index contributed by atoms with van der Waals surface area (Å²) in [5.41, 5.74) is 1.95. The van der Waals surface area contributed by atoms with E-state index in [1.54, 1.807) is 25.6 Å². The Kier molecular flexibility index (Phi) is 7.67. The smallest absolute Gasteiger partial charge is 0.164 e. The topological polar surface area (TPSA) is 43.4 Å². The van der Waals surface area contributed by atoms with Crippen molar-refractivity contribution in [3.05, 3.63) is 76.0 Å². The van der Waals surface area contributed by atoms with Gasteiger partial charge >= 0.3 is 0 Å². The van der Waals surface area contributed by atoms with Gasteiger partial charge < -0.3 is 9.47 Å². The SMILES string of the molecule is COc1ccc(Oc2c(Cl)ccc(CNSc3cccnc3)c2Cl)cc1C(C)C. The van der Waals surface area contributed by atoms with Crippen LogP contribution in [0.4, 0.5) is 0 Å². The van der Waals surface area contributed by atoms with E-state index in [2.05, 4.69) is 23.6 Å². The Labute approximate surface area is 185 Å². The molecule has 0 unspecified atom stereocenters. The van der Waals surface area contributed by atoms with Crippen molar-refractivity contribution in [2.75, 3.05) is 7.11 Å². The first-order chi connectivity index (χ1) is 14.0. The van der Waals surface area contributed by atoms with Crippen LogP contribution in [-0.4, -0.2) is 12.1 Å². The van der Waals surface area contributed by atoms with Crippen LogP contribution in [0.15, 0.2) is 59.8 Å². The average molecular weight is 449 g/mol. The van der Waals surface area contributed by atoms with Crippen LogP contribution < -0.4 is 14.2 Å². The molecule has 0 atom stereocenters. The molecule has 0 aliphatic carbocycles. The molecular formula is C22H22Cl2N2O2S. The van der Waals surface area contributed by atoms with Crippen LogP contribution in [0.3, 0.4) is 0 Å². The minimum Gasteiger partial charge on any atom is -0.496 e. The molecule has 2 aromatic carbocycles. The molecule has 0 amide bonds. The van der Waals surface area contributed by atoms with Crippen molar-refractivity contribution in [3.8, 4) is 17.2 Å². The number of hydrogen-bond donors (Lipinski definition) is 1. The second-order valence-corrected chi connectivity index (χ2v) is 8.37. The Morgan fingerprint density at radius 1 is 1.14 bits per heavy atom. The lowest BCUT2D eigenvalue weighted by Gasteiger charge is -2.16. The molecule has 0 aliphatic rings. The van der Waals surface area contributed by atoms with E-state index < -0.39 is 0 Å². The Bertz CT molecular complexity index is 969. The summed E-state index contributed by atoms with van der Waals surface area (Å²) in [6, 6.07) is 13.3. The quantitative estimate of drug-likeness (QED) is 0.371. The maximum absolute atomic E-state index is 6.61. The standard InChI is InChI=1S/C22H22Cl2N2O2S/c1-14(2)18-11-16(7-9-20(18)27-3)28-22-19(23)8-6-15(21(22)24)12-26-29-17-5-4-10-25-13-17/h4-11,13-14,26H,12H2,1-3H3. The molecule has 152 valence electrons. The highest BCUT2D eigenvalue weighted by Gasteiger charge is 2.15. The lowest BCUT2D eigenvalue weighted by Crippen LogP contribution is -2.04. The molecule has 0 radical (unpaired) electrons. The third-order valence-electron chi connectivity index (χ3n) is 4.26. The monoisotopic (exact) mass is 448 g/mol. The van der Waals surface area contributed by atoms with Crippen LogP contribution >= 0.6 is 35.1 Å². The van der Waals surface area contributed by atoms with Crippen molar-refractivity contribution in [1.29, 1.82) is 0 Å². The average Bonchev–Trinajstić information content (AvgIpc) is 2.73. The number of benzene rings is 2. The highest BCUT2D eigenvalue weighted by atomic mass is 35.5. The Morgan fingerprint density at radius 2 is 1.97 bits per heavy atom. The molecule has 1 N–H and O–H groups in total. The predicted octanol–water partition coefficient (Wildman–Crippen LogP) is 7.11. The van der Waals surface area contributed by atoms with Crippen LogP contribution in [-0.2, 0) is 6.54 Å². The summed E-state index contributed by atoms with van der Waals surface area (Å²) in [4.78, 5) is 5.12. The molecular weight excluding hydrogens is 427 g/mol. The lowest BCUT2D eigenvalue weighted by atomic mass is 10.0. The van der Waals surface area contributed by atoms with Crippen LogP contribution in [0, 0.1) is 0 Å². The fourth-order valence-electron chi connectivity index (χ4n) is 2.75. The first-order valence-electron chi connectivity index (χ1n) is 9.12. The van der Waals surface area contributed by atoms with Crippen molar-refractivity contribution >= 4 is 35.1 Å². The molecule has 0 aliphatic heterocycles. The number of nitrogens with one attached hydrogen (secondary N) is 1. The van der Waals surface area contributed by atoms with Gasteiger partial charge in [-0.2, -0.15) is 0 Å². The number of methoxy groups -OCH3 is 1. The number of rotatable bonds is 8. The van der Waals surface area contributed by atoms with Crippen molar-refractivity contribution in [3.63, 3.8) is 0 Å². The molecule has 29 heavy (non-hydrogen) atoms. The van der Waals surface area contributed by atoms with E-state index in [-0.39, 0.29) is 0 Å². The largest absolute Gasteiger partial charge is 0.496 e. The molecule has 0 spiro atoms. The van der Waals surface area contributed by atoms with Crippen LogP contribution in [0.5, 0.6) is 17.2 Å². The number of pyridine rings is 1. The Hall–Kier alpha value is -1.92. The van der Waals surface area contributed by atoms with E-state index in [0.717, 1.165) is 21.8 Å². The number of nitrogens with zero attached hydrogens (tertiary/aromatic N) is 1. The zero-order chi connectivity index (χ0) is 20.8. The number of aromatic nitrogens is 1. The van der Waals surface area contributed by atoms with Gasteiger partial charge in [0.25, 0.3) is 0 Å². The third kappa shape index (κ3) is 5.58. The Balaban J connectivity index is 1.77. The van der Waals surface area contributed by atoms with E-state index in [4.69, 9.17) is 32.7 Å². The maximum Gasteiger partial charge on any atom is 0.164 e. The van der Waals surface area contributed by atoms with Crippen LogP contribution in [0.2, 0.25) is 10.0 Å². The van der Waals surface area contributed by atoms with Gasteiger partial charge in [-0.1, -0.05) is 43.1 Å². The van der Waals surface area contributed by atoms with Crippen molar-refractivity contribution in [1.82, 2.24) is 9.71 Å². The summed E-state index contributed by atoms with van der Waals surface area (Å²) < 4.78 is 14.8. The van der Waals surface area contributed by atoms with Crippen LogP contribution in [0.25, 0.3) is 0 Å². The van der Waals surface area contributed by atoms with Gasteiger partial charge in [0.1, 0.15) is 11.5 Å². The summed E-state index contributed by atoms with van der Waals surface area (Å²) >= 11 is 14.5. The summed E-state index contributed by atoms with van der Waals surface area (Å²) in [5.74, 6) is 2.22. The highest BCUT2D eigenvalue weighted by Crippen LogP contribution is 2.40. The molecule has 4 nitrogen and oxygen atoms in total. The van der Waals surface area contributed by atoms with Crippen molar-refractivity contribution in [2.24, 2.45) is 0 Å². The first kappa shape index (κ1) is 21.8. The van der Waals surface area contributed by atoms with E-state index in [0.29, 0.717) is 34.0 Å². The van der Waals surface area contributed by atoms with E-state index in [9.17, 15) is 0 Å². The zero-order valence-corrected chi connectivity index (χ0v) is 18.7. The molecule has 0 bridgehead atoms. The minimum atomic E-state index is 0.291. The zero-order valence-electron chi connectivity index (χ0n) is 16.4. The minimum absolute atomic E-state index is 0.291. The fraction of sp³-hybridized carbons (Fsp3) is 0.227. The van der Waals surface area contributed by atoms with Gasteiger partial charge in [-0.15, -0.1) is 0 Å². The van der Waals surface area contributed by atoms with Gasteiger partial charge in [0.05, 0.1) is 17.2 Å². The normalized spacial score (nSPS) is 11.0. The summed E-state index contributed by atoms with van der Waals surface area (Å²) in [5, 5.41) is 0.944. The predicted molar refractivity (Wildman–Crippen MR) is 121 cm³/mol. The molecule has 0 fully saturated rings. The van der Waals surface area contributed by atoms with Gasteiger partial charge in [-0.25, -0.2) is 0 Å². The fourth-order valence-corrected chi connectivity index (χ4v) is 3.92. The highest BCUT2D eigenvalue weighted by molar-refractivity contribution is 7.97. The summed E-state index contributed by atoms with van der Waals surface area (Å²) in [6.45, 7) is 4.76. The molecule has 7 heteroatoms. The molecule has 1 heterocycles. The van der Waals surface area contributed by atoms with E-state index in [1.807, 2.05) is 36.4 Å². The van der Waals surface area contributed by atoms with Gasteiger partial charge in [0, 0.05) is 29.4 Å².